The molecule has 11 nitrogen and oxygen atoms in total. The molecule has 0 saturated heterocycles. The van der Waals surface area contributed by atoms with E-state index in [1.165, 1.54) is 19.2 Å². The second kappa shape index (κ2) is 13.8. The third kappa shape index (κ3) is 10.2. The van der Waals surface area contributed by atoms with Crippen molar-refractivity contribution in [1.82, 2.24) is 10.0 Å². The molecule has 3 rings (SSSR count). The zero-order valence-corrected chi connectivity index (χ0v) is 24.1. The van der Waals surface area contributed by atoms with E-state index in [9.17, 15) is 18.0 Å². The van der Waals surface area contributed by atoms with Crippen LogP contribution < -0.4 is 20.5 Å². The second-order valence-electron chi connectivity index (χ2n) is 9.92. The van der Waals surface area contributed by atoms with Crippen LogP contribution >= 0.6 is 0 Å². The Bertz CT molecular complexity index is 1490. The van der Waals surface area contributed by atoms with Crippen LogP contribution in [-0.4, -0.2) is 39.2 Å². The van der Waals surface area contributed by atoms with Crippen LogP contribution in [0, 0.1) is 0 Å². The van der Waals surface area contributed by atoms with Crippen molar-refractivity contribution < 1.29 is 32.2 Å². The van der Waals surface area contributed by atoms with Gasteiger partial charge in [0.05, 0.1) is 30.2 Å². The first-order chi connectivity index (χ1) is 19.3. The minimum Gasteiger partial charge on any atom is -0.489 e. The maximum absolute atomic E-state index is 13.0. The number of carbonyl (C=O) groups is 2. The summed E-state index contributed by atoms with van der Waals surface area (Å²) in [5.74, 6) is -0.245. The first-order valence-corrected chi connectivity index (χ1v) is 14.1. The Morgan fingerprint density at radius 2 is 1.68 bits per heavy atom. The van der Waals surface area contributed by atoms with E-state index in [2.05, 4.69) is 15.0 Å². The molecular weight excluding hydrogens is 548 g/mol. The summed E-state index contributed by atoms with van der Waals surface area (Å²) in [6.45, 7) is 5.37. The van der Waals surface area contributed by atoms with Gasteiger partial charge in [0.2, 0.25) is 16.0 Å². The molecule has 0 heterocycles. The quantitative estimate of drug-likeness (QED) is 0.181. The topological polar surface area (TPSA) is 158 Å². The number of carbonyl (C=O) groups excluding carboxylic acids is 2. The molecule has 0 aliphatic rings. The van der Waals surface area contributed by atoms with Crippen molar-refractivity contribution in [2.75, 3.05) is 7.11 Å². The molecule has 218 valence electrons. The molecule has 0 aromatic heterocycles. The first kappa shape index (κ1) is 31.1. The molecule has 0 spiro atoms. The number of hydrogen-bond acceptors (Lipinski definition) is 8. The highest BCUT2D eigenvalue weighted by atomic mass is 32.2. The third-order valence-electron chi connectivity index (χ3n) is 5.40. The summed E-state index contributed by atoms with van der Waals surface area (Å²) in [6, 6.07) is 20.8. The van der Waals surface area contributed by atoms with E-state index in [-0.39, 0.29) is 23.9 Å². The fraction of sp³-hybridized carbons (Fsp3) is 0.276. The van der Waals surface area contributed by atoms with Crippen LogP contribution in [0.2, 0.25) is 0 Å². The lowest BCUT2D eigenvalue weighted by atomic mass is 10.0. The smallest absolute Gasteiger partial charge is 0.414 e. The molecule has 4 N–H and O–H groups in total. The van der Waals surface area contributed by atoms with Gasteiger partial charge in [-0.25, -0.2) is 22.9 Å². The van der Waals surface area contributed by atoms with E-state index < -0.39 is 33.7 Å². The lowest BCUT2D eigenvalue weighted by Gasteiger charge is -2.19. The van der Waals surface area contributed by atoms with Crippen LogP contribution in [0.3, 0.4) is 0 Å². The van der Waals surface area contributed by atoms with E-state index in [1.807, 2.05) is 6.07 Å². The first-order valence-electron chi connectivity index (χ1n) is 12.6. The molecule has 0 aliphatic heterocycles. The van der Waals surface area contributed by atoms with Crippen LogP contribution in [0.25, 0.3) is 0 Å². The average molecular weight is 583 g/mol. The molecule has 1 atom stereocenters. The van der Waals surface area contributed by atoms with Crippen LogP contribution in [0.4, 0.5) is 10.5 Å². The minimum atomic E-state index is -3.92. The molecule has 0 bridgehead atoms. The summed E-state index contributed by atoms with van der Waals surface area (Å²) in [4.78, 5) is 28.3. The van der Waals surface area contributed by atoms with Crippen molar-refractivity contribution in [1.29, 1.82) is 0 Å². The van der Waals surface area contributed by atoms with Crippen LogP contribution in [0.5, 0.6) is 5.75 Å². The number of rotatable bonds is 10. The fourth-order valence-electron chi connectivity index (χ4n) is 3.61. The van der Waals surface area contributed by atoms with Crippen LogP contribution in [0.15, 0.2) is 88.8 Å². The average Bonchev–Trinajstić information content (AvgIpc) is 2.91. The number of guanidine groups is 1. The van der Waals surface area contributed by atoms with E-state index in [1.54, 1.807) is 81.4 Å². The van der Waals surface area contributed by atoms with Gasteiger partial charge in [0.15, 0.2) is 0 Å². The van der Waals surface area contributed by atoms with Gasteiger partial charge < -0.3 is 19.9 Å². The zero-order valence-electron chi connectivity index (χ0n) is 23.3. The highest BCUT2D eigenvalue weighted by Crippen LogP contribution is 2.25. The van der Waals surface area contributed by atoms with Crippen molar-refractivity contribution in [3.05, 3.63) is 90.0 Å². The number of alkyl carbamates (subject to hydrolysis) is 1. The van der Waals surface area contributed by atoms with Gasteiger partial charge in [0.1, 0.15) is 18.0 Å². The molecular formula is C29H34N4O7S. The van der Waals surface area contributed by atoms with Gasteiger partial charge >= 0.3 is 12.1 Å². The Labute approximate surface area is 239 Å². The SMILES string of the molecule is COC(=O)CC(NS(=O)(=O)c1ccccc1)c1cccc(OCc2cccc(N=C(N)NC(=O)OC(C)(C)C)c2)c1. The standard InChI is InChI=1S/C29H34N4O7S/c1-29(2,3)40-28(35)32-27(30)31-22-12-8-10-20(16-22)19-39-23-13-9-11-21(17-23)25(18-26(34)38-4)33-41(36,37)24-14-6-5-7-15-24/h5-17,25,33H,18-19H2,1-4H3,(H3,30,31,32,35). The summed E-state index contributed by atoms with van der Waals surface area (Å²) >= 11 is 0. The summed E-state index contributed by atoms with van der Waals surface area (Å²) in [7, 11) is -2.68. The van der Waals surface area contributed by atoms with Crippen LogP contribution in [0.1, 0.15) is 44.4 Å². The number of aliphatic imine (C=N–C) groups is 1. The van der Waals surface area contributed by atoms with Crippen molar-refractivity contribution in [2.45, 2.75) is 50.3 Å². The lowest BCUT2D eigenvalue weighted by Crippen LogP contribution is -2.40. The summed E-state index contributed by atoms with van der Waals surface area (Å²) in [6.07, 6.45) is -0.931. The molecule has 3 aromatic rings. The molecule has 0 fully saturated rings. The predicted molar refractivity (Wildman–Crippen MR) is 154 cm³/mol. The zero-order chi connectivity index (χ0) is 30.0. The highest BCUT2D eigenvalue weighted by Gasteiger charge is 2.24. The largest absolute Gasteiger partial charge is 0.489 e. The maximum atomic E-state index is 13.0. The molecule has 0 radical (unpaired) electrons. The third-order valence-corrected chi connectivity index (χ3v) is 6.89. The Hall–Kier alpha value is -4.42. The summed E-state index contributed by atoms with van der Waals surface area (Å²) in [5, 5.41) is 2.38. The van der Waals surface area contributed by atoms with Crippen molar-refractivity contribution >= 4 is 33.7 Å². The number of amides is 1. The van der Waals surface area contributed by atoms with Crippen molar-refractivity contribution in [3.63, 3.8) is 0 Å². The monoisotopic (exact) mass is 582 g/mol. The number of ether oxygens (including phenoxy) is 3. The molecule has 0 saturated carbocycles. The van der Waals surface area contributed by atoms with Gasteiger partial charge in [-0.1, -0.05) is 42.5 Å². The maximum Gasteiger partial charge on any atom is 0.414 e. The Morgan fingerprint density at radius 3 is 2.37 bits per heavy atom. The summed E-state index contributed by atoms with van der Waals surface area (Å²) in [5.41, 5.74) is 6.93. The number of nitrogens with two attached hydrogens (primary N) is 1. The number of methoxy groups -OCH3 is 1. The van der Waals surface area contributed by atoms with E-state index in [0.29, 0.717) is 17.0 Å². The number of nitrogens with zero attached hydrogens (tertiary/aromatic N) is 1. The van der Waals surface area contributed by atoms with E-state index in [0.717, 1.165) is 5.56 Å². The molecule has 0 aliphatic carbocycles. The lowest BCUT2D eigenvalue weighted by molar-refractivity contribution is -0.141. The number of esters is 1. The molecule has 3 aromatic carbocycles. The number of benzene rings is 3. The number of hydrogen-bond donors (Lipinski definition) is 3. The van der Waals surface area contributed by atoms with E-state index >= 15 is 0 Å². The van der Waals surface area contributed by atoms with Gasteiger partial charge in [-0.15, -0.1) is 0 Å². The Morgan fingerprint density at radius 1 is 0.976 bits per heavy atom. The second-order valence-corrected chi connectivity index (χ2v) is 11.6. The molecule has 41 heavy (non-hydrogen) atoms. The molecule has 1 unspecified atom stereocenters. The minimum absolute atomic E-state index is 0.0757. The van der Waals surface area contributed by atoms with Gasteiger partial charge in [0.25, 0.3) is 0 Å². The molecule has 1 amide bonds. The summed E-state index contributed by atoms with van der Waals surface area (Å²) < 4.78 is 44.4. The molecule has 12 heteroatoms. The van der Waals surface area contributed by atoms with Crippen LogP contribution in [-0.2, 0) is 30.9 Å². The van der Waals surface area contributed by atoms with Crippen molar-refractivity contribution in [3.8, 4) is 5.75 Å². The van der Waals surface area contributed by atoms with Gasteiger partial charge in [-0.05, 0) is 68.3 Å². The van der Waals surface area contributed by atoms with Gasteiger partial charge in [-0.3, -0.25) is 10.1 Å². The van der Waals surface area contributed by atoms with Crippen molar-refractivity contribution in [2.24, 2.45) is 10.7 Å². The fourth-order valence-corrected chi connectivity index (χ4v) is 4.86. The van der Waals surface area contributed by atoms with Gasteiger partial charge in [0, 0.05) is 0 Å². The van der Waals surface area contributed by atoms with E-state index in [4.69, 9.17) is 19.9 Å². The normalized spacial score (nSPS) is 12.7. The Balaban J connectivity index is 1.72. The van der Waals surface area contributed by atoms with Gasteiger partial charge in [-0.2, -0.15) is 0 Å². The highest BCUT2D eigenvalue weighted by molar-refractivity contribution is 7.89. The predicted octanol–water partition coefficient (Wildman–Crippen LogP) is 4.32. The number of nitrogens with one attached hydrogen (secondary N) is 2. The number of sulfonamides is 1. The Kier molecular flexibility index (Phi) is 10.5.